The number of carbonyl (C=O) groups excluding carboxylic acids is 1. The molecule has 6 heteroatoms. The number of aromatic nitrogens is 3. The number of hydrogen-bond acceptors (Lipinski definition) is 4. The molecule has 0 aliphatic heterocycles. The summed E-state index contributed by atoms with van der Waals surface area (Å²) in [6, 6.07) is 19.4. The molecule has 0 unspecified atom stereocenters. The number of amides is 1. The summed E-state index contributed by atoms with van der Waals surface area (Å²) in [5.74, 6) is 0.478. The third kappa shape index (κ3) is 3.25. The fraction of sp³-hybridized carbons (Fsp3) is 0.0952. The van der Waals surface area contributed by atoms with Crippen molar-refractivity contribution in [2.75, 3.05) is 11.9 Å². The minimum Gasteiger partial charge on any atom is -0.366 e. The molecule has 2 heterocycles. The summed E-state index contributed by atoms with van der Waals surface area (Å²) in [5, 5.41) is 4.53. The topological polar surface area (TPSA) is 76.5 Å². The summed E-state index contributed by atoms with van der Waals surface area (Å²) in [4.78, 5) is 18.1. The molecule has 1 amide bonds. The lowest BCUT2D eigenvalue weighted by Gasteiger charge is -2.20. The van der Waals surface area contributed by atoms with Crippen LogP contribution in [-0.4, -0.2) is 27.6 Å². The maximum absolute atomic E-state index is 11.5. The van der Waals surface area contributed by atoms with E-state index in [2.05, 4.69) is 27.1 Å². The molecule has 0 fully saturated rings. The first-order valence-corrected chi connectivity index (χ1v) is 8.61. The molecule has 2 aromatic heterocycles. The summed E-state index contributed by atoms with van der Waals surface area (Å²) in [6.07, 6.45) is 3.54. The minimum absolute atomic E-state index is 0.454. The van der Waals surface area contributed by atoms with Gasteiger partial charge < -0.3 is 10.6 Å². The van der Waals surface area contributed by atoms with Gasteiger partial charge in [-0.25, -0.2) is 4.98 Å². The fourth-order valence-corrected chi connectivity index (χ4v) is 3.15. The zero-order valence-corrected chi connectivity index (χ0v) is 14.9. The number of nitrogens with two attached hydrogens (primary N) is 1. The van der Waals surface area contributed by atoms with Crippen LogP contribution >= 0.6 is 0 Å². The van der Waals surface area contributed by atoms with Crippen LogP contribution in [0.1, 0.15) is 15.9 Å². The van der Waals surface area contributed by atoms with Crippen LogP contribution < -0.4 is 10.6 Å². The van der Waals surface area contributed by atoms with E-state index in [1.54, 1.807) is 24.5 Å². The van der Waals surface area contributed by atoms with E-state index >= 15 is 0 Å². The molecule has 0 spiro atoms. The number of fused-ring (bicyclic) bond motifs is 1. The molecular formula is C21H19N5O. The van der Waals surface area contributed by atoms with Crippen molar-refractivity contribution in [3.8, 4) is 11.1 Å². The number of anilines is 1. The van der Waals surface area contributed by atoms with Gasteiger partial charge in [-0.05, 0) is 29.3 Å². The number of hydrogen-bond donors (Lipinski definition) is 1. The van der Waals surface area contributed by atoms with Crippen molar-refractivity contribution in [3.63, 3.8) is 0 Å². The molecule has 4 rings (SSSR count). The Morgan fingerprint density at radius 1 is 1.11 bits per heavy atom. The summed E-state index contributed by atoms with van der Waals surface area (Å²) in [7, 11) is 2.02. The molecule has 0 aliphatic rings. The Hall–Kier alpha value is -3.67. The zero-order valence-electron chi connectivity index (χ0n) is 14.9. The van der Waals surface area contributed by atoms with Gasteiger partial charge in [0.1, 0.15) is 5.82 Å². The molecule has 4 aromatic rings. The molecule has 0 atom stereocenters. The van der Waals surface area contributed by atoms with Gasteiger partial charge in [-0.2, -0.15) is 9.61 Å². The Bertz CT molecular complexity index is 1100. The molecule has 0 radical (unpaired) electrons. The third-order valence-electron chi connectivity index (χ3n) is 4.49. The van der Waals surface area contributed by atoms with Crippen molar-refractivity contribution in [1.82, 2.24) is 14.6 Å². The highest BCUT2D eigenvalue weighted by atomic mass is 16.1. The van der Waals surface area contributed by atoms with E-state index in [0.29, 0.717) is 5.56 Å². The minimum atomic E-state index is -0.454. The maximum atomic E-state index is 11.5. The first-order valence-electron chi connectivity index (χ1n) is 8.61. The Morgan fingerprint density at radius 3 is 2.70 bits per heavy atom. The van der Waals surface area contributed by atoms with E-state index in [1.165, 1.54) is 5.56 Å². The van der Waals surface area contributed by atoms with E-state index in [1.807, 2.05) is 48.0 Å². The molecular weight excluding hydrogens is 338 g/mol. The Balaban J connectivity index is 1.74. The number of rotatable bonds is 5. The van der Waals surface area contributed by atoms with Crippen LogP contribution in [0.2, 0.25) is 0 Å². The number of benzene rings is 2. The van der Waals surface area contributed by atoms with Gasteiger partial charge in [0.2, 0.25) is 5.91 Å². The second-order valence-electron chi connectivity index (χ2n) is 6.38. The van der Waals surface area contributed by atoms with E-state index in [9.17, 15) is 4.79 Å². The lowest BCUT2D eigenvalue weighted by Crippen LogP contribution is -2.19. The molecule has 0 saturated heterocycles. The van der Waals surface area contributed by atoms with Crippen LogP contribution in [-0.2, 0) is 6.54 Å². The third-order valence-corrected chi connectivity index (χ3v) is 4.49. The standard InChI is InChI=1S/C21H19N5O/c1-25(14-15-6-3-2-4-7-15)19-10-11-23-21-18(13-24-26(19)21)16-8-5-9-17(12-16)20(22)27/h2-13H,14H2,1H3,(H2,22,27). The van der Waals surface area contributed by atoms with Crippen molar-refractivity contribution in [3.05, 3.63) is 84.2 Å². The normalized spacial score (nSPS) is 10.9. The van der Waals surface area contributed by atoms with Gasteiger partial charge in [0.15, 0.2) is 5.65 Å². The monoisotopic (exact) mass is 357 g/mol. The number of primary amides is 1. The predicted molar refractivity (Wildman–Crippen MR) is 105 cm³/mol. The highest BCUT2D eigenvalue weighted by Gasteiger charge is 2.14. The maximum Gasteiger partial charge on any atom is 0.248 e. The van der Waals surface area contributed by atoms with Gasteiger partial charge in [-0.3, -0.25) is 4.79 Å². The lowest BCUT2D eigenvalue weighted by atomic mass is 10.1. The van der Waals surface area contributed by atoms with Crippen LogP contribution in [0.4, 0.5) is 5.82 Å². The first-order chi connectivity index (χ1) is 13.1. The second-order valence-corrected chi connectivity index (χ2v) is 6.38. The quantitative estimate of drug-likeness (QED) is 0.595. The zero-order chi connectivity index (χ0) is 18.8. The Labute approximate surface area is 156 Å². The van der Waals surface area contributed by atoms with Crippen molar-refractivity contribution in [2.24, 2.45) is 5.73 Å². The predicted octanol–water partition coefficient (Wildman–Crippen LogP) is 3.13. The van der Waals surface area contributed by atoms with Crippen molar-refractivity contribution < 1.29 is 4.79 Å². The van der Waals surface area contributed by atoms with Crippen molar-refractivity contribution in [1.29, 1.82) is 0 Å². The lowest BCUT2D eigenvalue weighted by molar-refractivity contribution is 0.100. The van der Waals surface area contributed by atoms with Gasteiger partial charge in [-0.1, -0.05) is 42.5 Å². The fourth-order valence-electron chi connectivity index (χ4n) is 3.15. The average Bonchev–Trinajstić information content (AvgIpc) is 3.13. The van der Waals surface area contributed by atoms with Crippen LogP contribution in [0.5, 0.6) is 0 Å². The van der Waals surface area contributed by atoms with E-state index in [-0.39, 0.29) is 0 Å². The van der Waals surface area contributed by atoms with Crippen molar-refractivity contribution >= 4 is 17.4 Å². The second kappa shape index (κ2) is 6.92. The molecule has 0 saturated carbocycles. The first kappa shape index (κ1) is 16.8. The highest BCUT2D eigenvalue weighted by molar-refractivity contribution is 5.94. The average molecular weight is 357 g/mol. The van der Waals surface area contributed by atoms with Gasteiger partial charge in [0, 0.05) is 30.9 Å². The summed E-state index contributed by atoms with van der Waals surface area (Å²) in [5.41, 5.74) is 9.52. The highest BCUT2D eigenvalue weighted by Crippen LogP contribution is 2.26. The van der Waals surface area contributed by atoms with Crippen LogP contribution in [0, 0.1) is 0 Å². The smallest absolute Gasteiger partial charge is 0.248 e. The van der Waals surface area contributed by atoms with Crippen LogP contribution in [0.25, 0.3) is 16.8 Å². The number of nitrogens with zero attached hydrogens (tertiary/aromatic N) is 4. The van der Waals surface area contributed by atoms with E-state index < -0.39 is 5.91 Å². The van der Waals surface area contributed by atoms with Crippen LogP contribution in [0.15, 0.2) is 73.1 Å². The van der Waals surface area contributed by atoms with Gasteiger partial charge in [-0.15, -0.1) is 0 Å². The molecule has 0 aliphatic carbocycles. The summed E-state index contributed by atoms with van der Waals surface area (Å²) in [6.45, 7) is 0.756. The Morgan fingerprint density at radius 2 is 1.93 bits per heavy atom. The largest absolute Gasteiger partial charge is 0.366 e. The number of carbonyl (C=O) groups is 1. The Kier molecular flexibility index (Phi) is 4.30. The van der Waals surface area contributed by atoms with E-state index in [0.717, 1.165) is 29.1 Å². The van der Waals surface area contributed by atoms with Crippen LogP contribution in [0.3, 0.4) is 0 Å². The SMILES string of the molecule is CN(Cc1ccccc1)c1ccnc2c(-c3cccc(C(N)=O)c3)cnn12. The molecule has 2 N–H and O–H groups in total. The summed E-state index contributed by atoms with van der Waals surface area (Å²) >= 11 is 0. The molecule has 2 aromatic carbocycles. The van der Waals surface area contributed by atoms with E-state index in [4.69, 9.17) is 5.73 Å². The van der Waals surface area contributed by atoms with Gasteiger partial charge >= 0.3 is 0 Å². The molecule has 0 bridgehead atoms. The molecule has 134 valence electrons. The molecule has 6 nitrogen and oxygen atoms in total. The van der Waals surface area contributed by atoms with Gasteiger partial charge in [0.05, 0.1) is 6.20 Å². The van der Waals surface area contributed by atoms with Gasteiger partial charge in [0.25, 0.3) is 0 Å². The van der Waals surface area contributed by atoms with Crippen molar-refractivity contribution in [2.45, 2.75) is 6.54 Å². The summed E-state index contributed by atoms with van der Waals surface area (Å²) < 4.78 is 1.81. The molecule has 27 heavy (non-hydrogen) atoms.